The SMILES string of the molecule is CC(C)(C)Sc1ccc2nn(CC(=O)NCc3ccccc3)c(=O)n2n1. The zero-order valence-corrected chi connectivity index (χ0v) is 15.8. The van der Waals surface area contributed by atoms with Gasteiger partial charge in [0.2, 0.25) is 5.91 Å². The number of hydrogen-bond donors (Lipinski definition) is 1. The van der Waals surface area contributed by atoms with E-state index in [4.69, 9.17) is 0 Å². The van der Waals surface area contributed by atoms with Crippen LogP contribution in [0.4, 0.5) is 0 Å². The van der Waals surface area contributed by atoms with Crippen LogP contribution < -0.4 is 11.0 Å². The molecule has 2 heterocycles. The van der Waals surface area contributed by atoms with Gasteiger partial charge >= 0.3 is 5.69 Å². The molecule has 0 spiro atoms. The third kappa shape index (κ3) is 4.51. The molecule has 136 valence electrons. The van der Waals surface area contributed by atoms with Crippen LogP contribution in [0, 0.1) is 0 Å². The van der Waals surface area contributed by atoms with E-state index in [9.17, 15) is 9.59 Å². The van der Waals surface area contributed by atoms with Crippen molar-refractivity contribution in [3.05, 3.63) is 58.5 Å². The first-order valence-electron chi connectivity index (χ1n) is 8.28. The van der Waals surface area contributed by atoms with E-state index in [0.717, 1.165) is 15.3 Å². The highest BCUT2D eigenvalue weighted by Gasteiger charge is 2.16. The molecule has 0 aliphatic rings. The summed E-state index contributed by atoms with van der Waals surface area (Å²) in [5, 5.41) is 12.0. The first-order valence-corrected chi connectivity index (χ1v) is 9.10. The van der Waals surface area contributed by atoms with Gasteiger partial charge in [0.15, 0.2) is 5.65 Å². The Hall–Kier alpha value is -2.61. The summed E-state index contributed by atoms with van der Waals surface area (Å²) >= 11 is 1.57. The van der Waals surface area contributed by atoms with E-state index >= 15 is 0 Å². The molecule has 0 bridgehead atoms. The van der Waals surface area contributed by atoms with Crippen molar-refractivity contribution in [3.8, 4) is 0 Å². The minimum absolute atomic E-state index is 0.0163. The van der Waals surface area contributed by atoms with Gasteiger partial charge in [-0.25, -0.2) is 9.48 Å². The van der Waals surface area contributed by atoms with E-state index in [-0.39, 0.29) is 17.2 Å². The van der Waals surface area contributed by atoms with Gasteiger partial charge in [0.1, 0.15) is 11.6 Å². The van der Waals surface area contributed by atoms with Crippen LogP contribution in [0.2, 0.25) is 0 Å². The van der Waals surface area contributed by atoms with Crippen molar-refractivity contribution in [2.45, 2.75) is 43.6 Å². The van der Waals surface area contributed by atoms with Crippen LogP contribution in [0.1, 0.15) is 26.3 Å². The second kappa shape index (κ2) is 7.33. The predicted molar refractivity (Wildman–Crippen MR) is 101 cm³/mol. The highest BCUT2D eigenvalue weighted by molar-refractivity contribution is 8.00. The lowest BCUT2D eigenvalue weighted by Gasteiger charge is -2.16. The molecule has 26 heavy (non-hydrogen) atoms. The molecule has 1 amide bonds. The largest absolute Gasteiger partial charge is 0.367 e. The molecule has 1 N–H and O–H groups in total. The minimum atomic E-state index is -0.425. The number of aromatic nitrogens is 4. The van der Waals surface area contributed by atoms with Crippen LogP contribution in [0.25, 0.3) is 5.65 Å². The molecule has 1 aromatic carbocycles. The average molecular weight is 371 g/mol. The quantitative estimate of drug-likeness (QED) is 0.695. The van der Waals surface area contributed by atoms with E-state index in [1.54, 1.807) is 17.8 Å². The highest BCUT2D eigenvalue weighted by Crippen LogP contribution is 2.29. The molecule has 2 aromatic heterocycles. The number of thioether (sulfide) groups is 1. The molecule has 3 rings (SSSR count). The van der Waals surface area contributed by atoms with Crippen molar-refractivity contribution in [2.75, 3.05) is 0 Å². The average Bonchev–Trinajstić information content (AvgIpc) is 2.88. The maximum atomic E-state index is 12.5. The molecule has 0 atom stereocenters. The fraction of sp³-hybridized carbons (Fsp3) is 0.333. The summed E-state index contributed by atoms with van der Waals surface area (Å²) in [4.78, 5) is 24.6. The van der Waals surface area contributed by atoms with Gasteiger partial charge in [0.05, 0.1) is 0 Å². The number of nitrogens with zero attached hydrogens (tertiary/aromatic N) is 4. The zero-order valence-electron chi connectivity index (χ0n) is 15.0. The van der Waals surface area contributed by atoms with Gasteiger partial charge in [0, 0.05) is 11.3 Å². The van der Waals surface area contributed by atoms with Gasteiger partial charge in [-0.3, -0.25) is 4.79 Å². The maximum Gasteiger partial charge on any atom is 0.367 e. The lowest BCUT2D eigenvalue weighted by molar-refractivity contribution is -0.122. The van der Waals surface area contributed by atoms with Crippen molar-refractivity contribution in [1.82, 2.24) is 24.7 Å². The van der Waals surface area contributed by atoms with Crippen molar-refractivity contribution < 1.29 is 4.79 Å². The number of carbonyl (C=O) groups excluding carboxylic acids is 1. The van der Waals surface area contributed by atoms with E-state index in [0.29, 0.717) is 12.2 Å². The van der Waals surface area contributed by atoms with E-state index in [1.165, 1.54) is 4.52 Å². The number of rotatable bonds is 5. The van der Waals surface area contributed by atoms with Gasteiger partial charge in [-0.15, -0.1) is 5.10 Å². The monoisotopic (exact) mass is 371 g/mol. The number of amides is 1. The maximum absolute atomic E-state index is 12.5. The predicted octanol–water partition coefficient (Wildman–Crippen LogP) is 2.10. The Morgan fingerprint density at radius 3 is 2.54 bits per heavy atom. The number of carbonyl (C=O) groups is 1. The molecular formula is C18H21N5O2S. The summed E-state index contributed by atoms with van der Waals surface area (Å²) in [7, 11) is 0. The molecule has 0 radical (unpaired) electrons. The molecule has 0 saturated carbocycles. The summed E-state index contributed by atoms with van der Waals surface area (Å²) in [6, 6.07) is 13.2. The number of nitrogens with one attached hydrogen (secondary N) is 1. The van der Waals surface area contributed by atoms with Crippen LogP contribution in [-0.4, -0.2) is 30.0 Å². The van der Waals surface area contributed by atoms with Crippen molar-refractivity contribution in [3.63, 3.8) is 0 Å². The zero-order chi connectivity index (χ0) is 18.7. The van der Waals surface area contributed by atoms with Gasteiger partial charge in [-0.2, -0.15) is 9.61 Å². The number of hydrogen-bond acceptors (Lipinski definition) is 5. The standard InChI is InChI=1S/C18H21N5O2S/c1-18(2,3)26-16-10-9-14-20-22(17(25)23(14)21-16)12-15(24)19-11-13-7-5-4-6-8-13/h4-10H,11-12H2,1-3H3,(H,19,24). The first kappa shape index (κ1) is 18.2. The normalized spacial score (nSPS) is 11.7. The van der Waals surface area contributed by atoms with Gasteiger partial charge in [-0.05, 0) is 17.7 Å². The third-order valence-electron chi connectivity index (χ3n) is 3.45. The summed E-state index contributed by atoms with van der Waals surface area (Å²) in [5.41, 5.74) is 0.990. The third-order valence-corrected chi connectivity index (χ3v) is 4.49. The van der Waals surface area contributed by atoms with E-state index < -0.39 is 5.69 Å². The molecule has 0 saturated heterocycles. The van der Waals surface area contributed by atoms with Gasteiger partial charge in [-0.1, -0.05) is 62.9 Å². The highest BCUT2D eigenvalue weighted by atomic mass is 32.2. The number of fused-ring (bicyclic) bond motifs is 1. The van der Waals surface area contributed by atoms with Crippen molar-refractivity contribution in [2.24, 2.45) is 0 Å². The molecular weight excluding hydrogens is 350 g/mol. The number of benzene rings is 1. The van der Waals surface area contributed by atoms with Gasteiger partial charge < -0.3 is 5.32 Å². The van der Waals surface area contributed by atoms with Crippen molar-refractivity contribution in [1.29, 1.82) is 0 Å². The van der Waals surface area contributed by atoms with Crippen LogP contribution in [0.15, 0.2) is 52.3 Å². The summed E-state index contributed by atoms with van der Waals surface area (Å²) in [6.45, 7) is 6.50. The molecule has 0 unspecified atom stereocenters. The molecule has 7 nitrogen and oxygen atoms in total. The molecule has 3 aromatic rings. The Kier molecular flexibility index (Phi) is 5.13. The lowest BCUT2D eigenvalue weighted by atomic mass is 10.2. The van der Waals surface area contributed by atoms with E-state index in [2.05, 4.69) is 36.3 Å². The molecule has 0 aliphatic carbocycles. The summed E-state index contributed by atoms with van der Waals surface area (Å²) in [5.74, 6) is -0.274. The molecule has 8 heteroatoms. The van der Waals surface area contributed by atoms with Gasteiger partial charge in [0.25, 0.3) is 0 Å². The summed E-state index contributed by atoms with van der Waals surface area (Å²) < 4.78 is 2.35. The Labute approximate surface area is 155 Å². The minimum Gasteiger partial charge on any atom is -0.350 e. The van der Waals surface area contributed by atoms with Crippen LogP contribution >= 0.6 is 11.8 Å². The molecule has 0 aliphatic heterocycles. The first-order chi connectivity index (χ1) is 12.3. The second-order valence-corrected chi connectivity index (χ2v) is 8.71. The summed E-state index contributed by atoms with van der Waals surface area (Å²) in [6.07, 6.45) is 0. The Morgan fingerprint density at radius 2 is 1.85 bits per heavy atom. The van der Waals surface area contributed by atoms with Crippen LogP contribution in [0.3, 0.4) is 0 Å². The Balaban J connectivity index is 1.72. The van der Waals surface area contributed by atoms with Crippen LogP contribution in [0.5, 0.6) is 0 Å². The van der Waals surface area contributed by atoms with E-state index in [1.807, 2.05) is 36.4 Å². The fourth-order valence-corrected chi connectivity index (χ4v) is 3.24. The Bertz CT molecular complexity index is 973. The fourth-order valence-electron chi connectivity index (χ4n) is 2.35. The molecule has 0 fully saturated rings. The smallest absolute Gasteiger partial charge is 0.350 e. The second-order valence-electron chi connectivity index (χ2n) is 6.86. The topological polar surface area (TPSA) is 81.3 Å². The van der Waals surface area contributed by atoms with Crippen LogP contribution in [-0.2, 0) is 17.9 Å². The lowest BCUT2D eigenvalue weighted by Crippen LogP contribution is -2.32. The van der Waals surface area contributed by atoms with Crippen molar-refractivity contribution >= 4 is 23.3 Å². The Morgan fingerprint density at radius 1 is 1.12 bits per heavy atom.